The number of aliphatic hydroxyl groups is 1. The van der Waals surface area contributed by atoms with Gasteiger partial charge >= 0.3 is 0 Å². The minimum absolute atomic E-state index is 0.0144. The molecule has 1 aromatic heterocycles. The maximum atomic E-state index is 13.4. The zero-order valence-electron chi connectivity index (χ0n) is 9.69. The number of halogens is 2. The molecule has 0 radical (unpaired) electrons. The van der Waals surface area contributed by atoms with Crippen molar-refractivity contribution in [2.45, 2.75) is 12.5 Å². The van der Waals surface area contributed by atoms with Gasteiger partial charge in [0.1, 0.15) is 17.4 Å². The Morgan fingerprint density at radius 2 is 2.11 bits per heavy atom. The van der Waals surface area contributed by atoms with Crippen molar-refractivity contribution in [2.75, 3.05) is 7.11 Å². The van der Waals surface area contributed by atoms with Crippen LogP contribution in [0.15, 0.2) is 29.6 Å². The fourth-order valence-electron chi connectivity index (χ4n) is 1.72. The van der Waals surface area contributed by atoms with Crippen molar-refractivity contribution in [1.82, 2.24) is 0 Å². The van der Waals surface area contributed by atoms with Crippen molar-refractivity contribution in [2.24, 2.45) is 0 Å². The Morgan fingerprint density at radius 1 is 1.33 bits per heavy atom. The van der Waals surface area contributed by atoms with E-state index in [0.29, 0.717) is 10.6 Å². The highest BCUT2D eigenvalue weighted by Gasteiger charge is 2.17. The van der Waals surface area contributed by atoms with Crippen molar-refractivity contribution in [1.29, 1.82) is 0 Å². The Morgan fingerprint density at radius 3 is 2.83 bits per heavy atom. The van der Waals surface area contributed by atoms with Gasteiger partial charge in [-0.15, -0.1) is 11.3 Å². The van der Waals surface area contributed by atoms with Crippen LogP contribution in [-0.4, -0.2) is 12.2 Å². The summed E-state index contributed by atoms with van der Waals surface area (Å²) in [5.74, 6) is -0.480. The normalized spacial score (nSPS) is 12.4. The summed E-state index contributed by atoms with van der Waals surface area (Å²) in [5, 5.41) is 11.8. The molecule has 0 amide bonds. The van der Waals surface area contributed by atoms with Gasteiger partial charge in [0.25, 0.3) is 0 Å². The van der Waals surface area contributed by atoms with Crippen LogP contribution in [0.25, 0.3) is 0 Å². The van der Waals surface area contributed by atoms with Gasteiger partial charge in [0, 0.05) is 6.42 Å². The molecule has 0 aliphatic rings. The van der Waals surface area contributed by atoms with Crippen LogP contribution in [0, 0.1) is 11.6 Å². The van der Waals surface area contributed by atoms with Gasteiger partial charge in [0.05, 0.1) is 18.1 Å². The smallest absolute Gasteiger partial charge is 0.135 e. The highest BCUT2D eigenvalue weighted by atomic mass is 32.1. The summed E-state index contributed by atoms with van der Waals surface area (Å²) in [6.07, 6.45) is -0.892. The van der Waals surface area contributed by atoms with Gasteiger partial charge in [-0.05, 0) is 35.2 Å². The lowest BCUT2D eigenvalue weighted by Crippen LogP contribution is -2.03. The van der Waals surface area contributed by atoms with Crippen LogP contribution in [0.5, 0.6) is 5.75 Å². The molecule has 1 heterocycles. The maximum absolute atomic E-state index is 13.4. The van der Waals surface area contributed by atoms with E-state index in [0.717, 1.165) is 18.2 Å². The van der Waals surface area contributed by atoms with Crippen molar-refractivity contribution < 1.29 is 18.6 Å². The van der Waals surface area contributed by atoms with Crippen molar-refractivity contribution in [3.8, 4) is 5.75 Å². The molecule has 0 spiro atoms. The molecule has 18 heavy (non-hydrogen) atoms. The lowest BCUT2D eigenvalue weighted by molar-refractivity contribution is 0.177. The number of hydrogen-bond acceptors (Lipinski definition) is 3. The van der Waals surface area contributed by atoms with E-state index in [1.807, 2.05) is 0 Å². The second-order valence-electron chi connectivity index (χ2n) is 3.81. The minimum Gasteiger partial charge on any atom is -0.495 e. The first-order valence-electron chi connectivity index (χ1n) is 5.35. The van der Waals surface area contributed by atoms with E-state index < -0.39 is 17.7 Å². The summed E-state index contributed by atoms with van der Waals surface area (Å²) in [7, 11) is 1.50. The van der Waals surface area contributed by atoms with E-state index in [9.17, 15) is 13.9 Å². The standard InChI is InChI=1S/C13H12F2O2S/c1-17-12-4-5-18-13(12)11(16)7-8-6-9(14)2-3-10(8)15/h2-6,11,16H,7H2,1H3. The van der Waals surface area contributed by atoms with Crippen LogP contribution >= 0.6 is 11.3 Å². The Hall–Kier alpha value is -1.46. The molecule has 0 aliphatic heterocycles. The molecule has 0 bridgehead atoms. The van der Waals surface area contributed by atoms with Crippen LogP contribution in [0.1, 0.15) is 16.5 Å². The molecule has 2 nitrogen and oxygen atoms in total. The predicted molar refractivity (Wildman–Crippen MR) is 65.9 cm³/mol. The molecule has 1 aromatic carbocycles. The van der Waals surface area contributed by atoms with Gasteiger partial charge in [-0.2, -0.15) is 0 Å². The molecule has 96 valence electrons. The third-order valence-electron chi connectivity index (χ3n) is 2.60. The topological polar surface area (TPSA) is 29.5 Å². The Bertz CT molecular complexity index is 540. The number of thiophene rings is 1. The summed E-state index contributed by atoms with van der Waals surface area (Å²) >= 11 is 1.32. The molecule has 0 fully saturated rings. The number of methoxy groups -OCH3 is 1. The lowest BCUT2D eigenvalue weighted by atomic mass is 10.1. The van der Waals surface area contributed by atoms with E-state index in [4.69, 9.17) is 4.74 Å². The minimum atomic E-state index is -0.906. The second-order valence-corrected chi connectivity index (χ2v) is 4.76. The maximum Gasteiger partial charge on any atom is 0.135 e. The van der Waals surface area contributed by atoms with Crippen molar-refractivity contribution in [3.63, 3.8) is 0 Å². The van der Waals surface area contributed by atoms with Crippen LogP contribution in [0.2, 0.25) is 0 Å². The first-order valence-corrected chi connectivity index (χ1v) is 6.23. The molecular weight excluding hydrogens is 258 g/mol. The number of ether oxygens (including phenoxy) is 1. The van der Waals surface area contributed by atoms with Crippen LogP contribution in [0.4, 0.5) is 8.78 Å². The summed E-state index contributed by atoms with van der Waals surface area (Å²) in [4.78, 5) is 0.612. The first-order chi connectivity index (χ1) is 8.61. The molecular formula is C13H12F2O2S. The zero-order valence-corrected chi connectivity index (χ0v) is 10.5. The average molecular weight is 270 g/mol. The van der Waals surface area contributed by atoms with Gasteiger partial charge in [-0.3, -0.25) is 0 Å². The third-order valence-corrected chi connectivity index (χ3v) is 3.60. The van der Waals surface area contributed by atoms with Crippen LogP contribution in [0.3, 0.4) is 0 Å². The zero-order chi connectivity index (χ0) is 13.1. The Kier molecular flexibility index (Phi) is 3.93. The average Bonchev–Trinajstić information content (AvgIpc) is 2.82. The fraction of sp³-hybridized carbons (Fsp3) is 0.231. The van der Waals surface area contributed by atoms with Gasteiger partial charge < -0.3 is 9.84 Å². The van der Waals surface area contributed by atoms with Crippen molar-refractivity contribution >= 4 is 11.3 Å². The van der Waals surface area contributed by atoms with Crippen molar-refractivity contribution in [3.05, 3.63) is 51.7 Å². The van der Waals surface area contributed by atoms with Gasteiger partial charge in [-0.1, -0.05) is 0 Å². The molecule has 1 atom stereocenters. The van der Waals surface area contributed by atoms with Gasteiger partial charge in [0.2, 0.25) is 0 Å². The van der Waals surface area contributed by atoms with E-state index in [-0.39, 0.29) is 12.0 Å². The van der Waals surface area contributed by atoms with E-state index in [1.165, 1.54) is 18.4 Å². The fourth-order valence-corrected chi connectivity index (χ4v) is 2.57. The third kappa shape index (κ3) is 2.68. The molecule has 0 saturated carbocycles. The first kappa shape index (κ1) is 13.0. The quantitative estimate of drug-likeness (QED) is 0.923. The van der Waals surface area contributed by atoms with Gasteiger partial charge in [0.15, 0.2) is 0 Å². The number of benzene rings is 1. The number of rotatable bonds is 4. The molecule has 2 rings (SSSR count). The van der Waals surface area contributed by atoms with E-state index >= 15 is 0 Å². The van der Waals surface area contributed by atoms with E-state index in [1.54, 1.807) is 11.4 Å². The summed E-state index contributed by atoms with van der Waals surface area (Å²) in [5.41, 5.74) is 0.151. The number of hydrogen-bond donors (Lipinski definition) is 1. The summed E-state index contributed by atoms with van der Waals surface area (Å²) < 4.78 is 31.5. The van der Waals surface area contributed by atoms with Crippen LogP contribution in [-0.2, 0) is 6.42 Å². The molecule has 5 heteroatoms. The highest BCUT2D eigenvalue weighted by Crippen LogP contribution is 2.33. The van der Waals surface area contributed by atoms with Gasteiger partial charge in [-0.25, -0.2) is 8.78 Å². The summed E-state index contributed by atoms with van der Waals surface area (Å²) in [6.45, 7) is 0. The molecule has 1 unspecified atom stereocenters. The second kappa shape index (κ2) is 5.46. The van der Waals surface area contributed by atoms with Crippen LogP contribution < -0.4 is 4.74 Å². The lowest BCUT2D eigenvalue weighted by Gasteiger charge is -2.11. The SMILES string of the molecule is COc1ccsc1C(O)Cc1cc(F)ccc1F. The monoisotopic (exact) mass is 270 g/mol. The largest absolute Gasteiger partial charge is 0.495 e. The molecule has 2 aromatic rings. The summed E-state index contributed by atoms with van der Waals surface area (Å²) in [6, 6.07) is 4.93. The molecule has 0 saturated heterocycles. The predicted octanol–water partition coefficient (Wildman–Crippen LogP) is 3.31. The Balaban J connectivity index is 2.21. The molecule has 1 N–H and O–H groups in total. The molecule has 0 aliphatic carbocycles. The Labute approximate surface area is 107 Å². The highest BCUT2D eigenvalue weighted by molar-refractivity contribution is 7.10. The number of aliphatic hydroxyl groups excluding tert-OH is 1. The van der Waals surface area contributed by atoms with E-state index in [2.05, 4.69) is 0 Å².